The summed E-state index contributed by atoms with van der Waals surface area (Å²) >= 11 is 0. The summed E-state index contributed by atoms with van der Waals surface area (Å²) in [5, 5.41) is 3.52. The first kappa shape index (κ1) is 20.6. The van der Waals surface area contributed by atoms with Gasteiger partial charge in [-0.25, -0.2) is 9.97 Å². The van der Waals surface area contributed by atoms with E-state index in [4.69, 9.17) is 0 Å². The number of fused-ring (bicyclic) bond motifs is 4. The number of hydrogen-bond acceptors (Lipinski definition) is 4. The van der Waals surface area contributed by atoms with Crippen molar-refractivity contribution in [3.63, 3.8) is 0 Å². The molecule has 2 N–H and O–H groups in total. The van der Waals surface area contributed by atoms with Crippen LogP contribution in [0.4, 0.5) is 10.1 Å². The minimum Gasteiger partial charge on any atom is -0.369 e. The lowest BCUT2D eigenvalue weighted by molar-refractivity contribution is 0.248. The Hall–Kier alpha value is -3.71. The van der Waals surface area contributed by atoms with Crippen molar-refractivity contribution in [1.29, 1.82) is 0 Å². The molecule has 1 saturated heterocycles. The molecule has 2 aliphatic rings. The summed E-state index contributed by atoms with van der Waals surface area (Å²) in [6, 6.07) is 14.1. The SMILES string of the molecule is C=c1[nH]cnc2cc3c(cc12)nc1[nH]c(F)c(-c2ccc(N4CCN(CC5CC5)CC4)cc2)cc13. The van der Waals surface area contributed by atoms with Crippen LogP contribution in [0.25, 0.3) is 50.5 Å². The van der Waals surface area contributed by atoms with Crippen LogP contribution in [-0.2, 0) is 0 Å². The summed E-state index contributed by atoms with van der Waals surface area (Å²) in [5.74, 6) is 0.560. The van der Waals surface area contributed by atoms with Crippen molar-refractivity contribution in [3.05, 3.63) is 60.1 Å². The second kappa shape index (κ2) is 7.92. The average Bonchev–Trinajstić information content (AvgIpc) is 3.63. The van der Waals surface area contributed by atoms with E-state index in [1.54, 1.807) is 6.33 Å². The highest BCUT2D eigenvalue weighted by Crippen LogP contribution is 2.33. The monoisotopic (exact) mass is 466 g/mol. The van der Waals surface area contributed by atoms with Gasteiger partial charge in [-0.05, 0) is 54.7 Å². The van der Waals surface area contributed by atoms with E-state index in [0.29, 0.717) is 11.2 Å². The van der Waals surface area contributed by atoms with Crippen LogP contribution in [0.15, 0.2) is 48.8 Å². The number of hydrogen-bond donors (Lipinski definition) is 2. The van der Waals surface area contributed by atoms with Gasteiger partial charge in [0, 0.05) is 65.5 Å². The van der Waals surface area contributed by atoms with Gasteiger partial charge in [0.2, 0.25) is 5.95 Å². The first-order valence-electron chi connectivity index (χ1n) is 12.3. The number of rotatable bonds is 4. The number of nitrogens with one attached hydrogen (secondary N) is 2. The molecular formula is C28H27FN6. The van der Waals surface area contributed by atoms with Gasteiger partial charge in [-0.3, -0.25) is 4.90 Å². The molecule has 0 spiro atoms. The number of aromatic nitrogens is 4. The molecule has 2 fully saturated rings. The van der Waals surface area contributed by atoms with Crippen molar-refractivity contribution in [2.45, 2.75) is 12.8 Å². The number of H-pyrrole nitrogens is 2. The maximum atomic E-state index is 15.1. The molecule has 5 aromatic rings. The fraction of sp³-hybridized carbons (Fsp3) is 0.286. The minimum atomic E-state index is -0.379. The van der Waals surface area contributed by atoms with Gasteiger partial charge < -0.3 is 14.9 Å². The van der Waals surface area contributed by atoms with Crippen LogP contribution in [0.2, 0.25) is 0 Å². The molecule has 0 unspecified atom stereocenters. The molecule has 6 nitrogen and oxygen atoms in total. The highest BCUT2D eigenvalue weighted by molar-refractivity contribution is 6.11. The fourth-order valence-corrected chi connectivity index (χ4v) is 5.34. The first-order chi connectivity index (χ1) is 17.1. The molecule has 35 heavy (non-hydrogen) atoms. The lowest BCUT2D eigenvalue weighted by Crippen LogP contribution is -2.47. The average molecular weight is 467 g/mol. The number of benzene rings is 2. The standard InChI is InChI=1S/C28H27FN6/c1-17-21-13-26-23(14-25(21)31-16-30-17)24-12-22(27(29)33-28(24)32-26)19-4-6-20(7-5-19)35-10-8-34(9-11-35)15-18-2-3-18/h4-7,12-14,16,18H,1-3,8-11,15H2,(H,30,31)(H,32,33). The Balaban J connectivity index is 1.20. The van der Waals surface area contributed by atoms with Crippen LogP contribution < -0.4 is 10.2 Å². The third kappa shape index (κ3) is 3.67. The van der Waals surface area contributed by atoms with E-state index in [2.05, 4.69) is 48.4 Å². The molecule has 7 heteroatoms. The van der Waals surface area contributed by atoms with E-state index in [-0.39, 0.29) is 5.95 Å². The van der Waals surface area contributed by atoms with Crippen LogP contribution >= 0.6 is 0 Å². The lowest BCUT2D eigenvalue weighted by atomic mass is 10.0. The molecule has 0 radical (unpaired) electrons. The molecule has 176 valence electrons. The summed E-state index contributed by atoms with van der Waals surface area (Å²) in [7, 11) is 0. The van der Waals surface area contributed by atoms with Gasteiger partial charge in [0.1, 0.15) is 5.65 Å². The van der Waals surface area contributed by atoms with Gasteiger partial charge in [0.05, 0.1) is 17.4 Å². The molecular weight excluding hydrogens is 439 g/mol. The third-order valence-corrected chi connectivity index (χ3v) is 7.54. The van der Waals surface area contributed by atoms with Gasteiger partial charge in [-0.15, -0.1) is 0 Å². The smallest absolute Gasteiger partial charge is 0.200 e. The summed E-state index contributed by atoms with van der Waals surface area (Å²) < 4.78 is 15.1. The van der Waals surface area contributed by atoms with E-state index in [9.17, 15) is 0 Å². The van der Waals surface area contributed by atoms with Crippen molar-refractivity contribution in [3.8, 4) is 11.1 Å². The predicted octanol–water partition coefficient (Wildman–Crippen LogP) is 4.62. The van der Waals surface area contributed by atoms with E-state index in [1.165, 1.54) is 25.1 Å². The fourth-order valence-electron chi connectivity index (χ4n) is 5.34. The Morgan fingerprint density at radius 1 is 0.943 bits per heavy atom. The molecule has 7 rings (SSSR count). The largest absolute Gasteiger partial charge is 0.369 e. The van der Waals surface area contributed by atoms with Crippen molar-refractivity contribution >= 4 is 45.1 Å². The van der Waals surface area contributed by atoms with Crippen LogP contribution in [0.1, 0.15) is 12.8 Å². The Kier molecular flexibility index (Phi) is 4.67. The molecule has 0 bridgehead atoms. The van der Waals surface area contributed by atoms with Crippen LogP contribution in [0, 0.1) is 11.9 Å². The maximum absolute atomic E-state index is 15.1. The van der Waals surface area contributed by atoms with Crippen LogP contribution in [0.5, 0.6) is 0 Å². The number of aromatic amines is 2. The number of anilines is 1. The van der Waals surface area contributed by atoms with Gasteiger partial charge in [0.15, 0.2) is 0 Å². The van der Waals surface area contributed by atoms with Crippen molar-refractivity contribution in [2.75, 3.05) is 37.6 Å². The van der Waals surface area contributed by atoms with Crippen LogP contribution in [0.3, 0.4) is 0 Å². The van der Waals surface area contributed by atoms with E-state index >= 15 is 4.39 Å². The van der Waals surface area contributed by atoms with Gasteiger partial charge in [-0.1, -0.05) is 18.7 Å². The molecule has 1 aliphatic carbocycles. The van der Waals surface area contributed by atoms with E-state index < -0.39 is 0 Å². The Morgan fingerprint density at radius 2 is 1.71 bits per heavy atom. The van der Waals surface area contributed by atoms with Gasteiger partial charge >= 0.3 is 0 Å². The summed E-state index contributed by atoms with van der Waals surface area (Å²) in [6.45, 7) is 9.62. The first-order valence-corrected chi connectivity index (χ1v) is 12.3. The number of halogens is 1. The Morgan fingerprint density at radius 3 is 2.49 bits per heavy atom. The third-order valence-electron chi connectivity index (χ3n) is 7.54. The lowest BCUT2D eigenvalue weighted by Gasteiger charge is -2.36. The van der Waals surface area contributed by atoms with Crippen LogP contribution in [-0.4, -0.2) is 57.6 Å². The van der Waals surface area contributed by atoms with Crippen molar-refractivity contribution < 1.29 is 4.39 Å². The molecule has 3 aromatic heterocycles. The highest BCUT2D eigenvalue weighted by atomic mass is 19.1. The summed E-state index contributed by atoms with van der Waals surface area (Å²) in [6.07, 6.45) is 4.45. The normalized spacial score (nSPS) is 17.1. The summed E-state index contributed by atoms with van der Waals surface area (Å²) in [5.41, 5.74) is 4.75. The highest BCUT2D eigenvalue weighted by Gasteiger charge is 2.26. The zero-order valence-electron chi connectivity index (χ0n) is 19.5. The number of piperazine rings is 1. The molecule has 1 saturated carbocycles. The zero-order valence-corrected chi connectivity index (χ0v) is 19.5. The summed E-state index contributed by atoms with van der Waals surface area (Å²) in [4.78, 5) is 20.0. The second-order valence-electron chi connectivity index (χ2n) is 9.92. The second-order valence-corrected chi connectivity index (χ2v) is 9.92. The topological polar surface area (TPSA) is 63.8 Å². The number of nitrogens with zero attached hydrogens (tertiary/aromatic N) is 4. The van der Waals surface area contributed by atoms with Gasteiger partial charge in [0.25, 0.3) is 0 Å². The Labute approximate surface area is 202 Å². The Bertz CT molecular complexity index is 1620. The number of pyridine rings is 1. The van der Waals surface area contributed by atoms with Crippen molar-refractivity contribution in [1.82, 2.24) is 24.8 Å². The zero-order chi connectivity index (χ0) is 23.5. The molecule has 0 atom stereocenters. The quantitative estimate of drug-likeness (QED) is 0.380. The molecule has 1 aliphatic heterocycles. The minimum absolute atomic E-state index is 0.379. The van der Waals surface area contributed by atoms with E-state index in [1.807, 2.05) is 30.3 Å². The van der Waals surface area contributed by atoms with Gasteiger partial charge in [-0.2, -0.15) is 4.39 Å². The molecule has 4 heterocycles. The maximum Gasteiger partial charge on any atom is 0.200 e. The van der Waals surface area contributed by atoms with E-state index in [0.717, 1.165) is 70.2 Å². The molecule has 2 aromatic carbocycles. The van der Waals surface area contributed by atoms with Crippen molar-refractivity contribution in [2.24, 2.45) is 5.92 Å². The predicted molar refractivity (Wildman–Crippen MR) is 140 cm³/mol. The molecule has 0 amide bonds.